The van der Waals surface area contributed by atoms with E-state index in [1.807, 2.05) is 6.07 Å². The zero-order valence-corrected chi connectivity index (χ0v) is 7.93. The van der Waals surface area contributed by atoms with Crippen LogP contribution in [0.1, 0.15) is 12.5 Å². The highest BCUT2D eigenvalue weighted by atomic mass is 16.6. The average Bonchev–Trinajstić information content (AvgIpc) is 2.18. The van der Waals surface area contributed by atoms with E-state index in [9.17, 15) is 4.79 Å². The van der Waals surface area contributed by atoms with Gasteiger partial charge < -0.3 is 15.6 Å². The summed E-state index contributed by atoms with van der Waals surface area (Å²) in [6.07, 6.45) is -0.898. The summed E-state index contributed by atoms with van der Waals surface area (Å²) in [5, 5.41) is 9.15. The molecule has 0 aromatic heterocycles. The largest absolute Gasteiger partial charge is 0.436 e. The Kier molecular flexibility index (Phi) is 3.09. The first-order valence-corrected chi connectivity index (χ1v) is 4.23. The molecule has 0 bridgehead atoms. The minimum absolute atomic E-state index is 0.306. The van der Waals surface area contributed by atoms with Crippen molar-refractivity contribution in [1.82, 2.24) is 0 Å². The summed E-state index contributed by atoms with van der Waals surface area (Å²) in [6, 6.07) is 8.96. The number of rotatable bonds is 3. The summed E-state index contributed by atoms with van der Waals surface area (Å²) < 4.78 is 4.86. The van der Waals surface area contributed by atoms with E-state index in [-0.39, 0.29) is 6.61 Å². The van der Waals surface area contributed by atoms with Crippen LogP contribution < -0.4 is 5.73 Å². The summed E-state index contributed by atoms with van der Waals surface area (Å²) >= 11 is 0. The van der Waals surface area contributed by atoms with Crippen molar-refractivity contribution in [3.63, 3.8) is 0 Å². The van der Waals surface area contributed by atoms with Crippen LogP contribution >= 0.6 is 0 Å². The lowest BCUT2D eigenvalue weighted by molar-refractivity contribution is -0.0166. The Hall–Kier alpha value is -1.55. The van der Waals surface area contributed by atoms with E-state index in [1.165, 1.54) is 0 Å². The van der Waals surface area contributed by atoms with E-state index >= 15 is 0 Å². The van der Waals surface area contributed by atoms with Gasteiger partial charge in [0.15, 0.2) is 5.60 Å². The Labute approximate surface area is 82.3 Å². The van der Waals surface area contributed by atoms with Crippen molar-refractivity contribution < 1.29 is 14.6 Å². The van der Waals surface area contributed by atoms with E-state index in [0.717, 1.165) is 0 Å². The third-order valence-corrected chi connectivity index (χ3v) is 2.01. The summed E-state index contributed by atoms with van der Waals surface area (Å²) in [7, 11) is 0. The quantitative estimate of drug-likeness (QED) is 0.755. The number of aliphatic hydroxyl groups excluding tert-OH is 1. The van der Waals surface area contributed by atoms with Gasteiger partial charge in [-0.3, -0.25) is 0 Å². The SMILES string of the molecule is CC(CO)(OC(N)=O)c1ccccc1. The van der Waals surface area contributed by atoms with Crippen LogP contribution in [0.25, 0.3) is 0 Å². The van der Waals surface area contributed by atoms with Crippen molar-refractivity contribution in [1.29, 1.82) is 0 Å². The van der Waals surface area contributed by atoms with Gasteiger partial charge >= 0.3 is 6.09 Å². The highest BCUT2D eigenvalue weighted by Crippen LogP contribution is 2.24. The molecule has 0 saturated heterocycles. The number of hydrogen-bond acceptors (Lipinski definition) is 3. The fourth-order valence-electron chi connectivity index (χ4n) is 1.20. The van der Waals surface area contributed by atoms with Crippen molar-refractivity contribution in [2.45, 2.75) is 12.5 Å². The maximum absolute atomic E-state index is 10.6. The van der Waals surface area contributed by atoms with Crippen LogP contribution in [-0.2, 0) is 10.3 Å². The van der Waals surface area contributed by atoms with Crippen LogP contribution in [0.4, 0.5) is 4.79 Å². The zero-order valence-electron chi connectivity index (χ0n) is 7.93. The lowest BCUT2D eigenvalue weighted by atomic mass is 9.97. The lowest BCUT2D eigenvalue weighted by Gasteiger charge is -2.26. The molecular weight excluding hydrogens is 182 g/mol. The topological polar surface area (TPSA) is 72.6 Å². The number of carbonyl (C=O) groups is 1. The summed E-state index contributed by atoms with van der Waals surface area (Å²) in [5.41, 5.74) is 4.57. The minimum atomic E-state index is -1.06. The van der Waals surface area contributed by atoms with E-state index in [4.69, 9.17) is 15.6 Å². The zero-order chi connectivity index (χ0) is 10.6. The predicted octanol–water partition coefficient (Wildman–Crippen LogP) is 0.989. The predicted molar refractivity (Wildman–Crippen MR) is 51.5 cm³/mol. The number of carbonyl (C=O) groups excluding carboxylic acids is 1. The standard InChI is InChI=1S/C10H13NO3/c1-10(7-12,14-9(11)13)8-5-3-2-4-6-8/h2-6,12H,7H2,1H3,(H2,11,13). The number of ether oxygens (including phenoxy) is 1. The van der Waals surface area contributed by atoms with Crippen molar-refractivity contribution in [2.24, 2.45) is 5.73 Å². The van der Waals surface area contributed by atoms with Gasteiger partial charge in [0.05, 0.1) is 6.61 Å². The molecule has 0 aliphatic carbocycles. The van der Waals surface area contributed by atoms with Crippen LogP contribution in [-0.4, -0.2) is 17.8 Å². The molecular formula is C10H13NO3. The number of aliphatic hydroxyl groups is 1. The van der Waals surface area contributed by atoms with E-state index < -0.39 is 11.7 Å². The first-order chi connectivity index (χ1) is 6.58. The van der Waals surface area contributed by atoms with Crippen molar-refractivity contribution in [2.75, 3.05) is 6.61 Å². The van der Waals surface area contributed by atoms with Gasteiger partial charge in [0.2, 0.25) is 0 Å². The lowest BCUT2D eigenvalue weighted by Crippen LogP contribution is -2.35. The Balaban J connectivity index is 2.95. The molecule has 0 spiro atoms. The van der Waals surface area contributed by atoms with Gasteiger partial charge in [0, 0.05) is 0 Å². The number of amides is 1. The number of hydrogen-bond donors (Lipinski definition) is 2. The van der Waals surface area contributed by atoms with Gasteiger partial charge in [-0.1, -0.05) is 30.3 Å². The molecule has 0 fully saturated rings. The third-order valence-electron chi connectivity index (χ3n) is 2.01. The van der Waals surface area contributed by atoms with Gasteiger partial charge in [-0.25, -0.2) is 4.79 Å². The van der Waals surface area contributed by atoms with Gasteiger partial charge in [-0.15, -0.1) is 0 Å². The molecule has 0 saturated carbocycles. The Morgan fingerprint density at radius 3 is 2.50 bits per heavy atom. The van der Waals surface area contributed by atoms with Crippen molar-refractivity contribution in [3.05, 3.63) is 35.9 Å². The minimum Gasteiger partial charge on any atom is -0.436 e. The summed E-state index contributed by atoms with van der Waals surface area (Å²) in [4.78, 5) is 10.6. The van der Waals surface area contributed by atoms with E-state index in [2.05, 4.69) is 0 Å². The van der Waals surface area contributed by atoms with Gasteiger partial charge in [-0.2, -0.15) is 0 Å². The first-order valence-electron chi connectivity index (χ1n) is 4.23. The first kappa shape index (κ1) is 10.5. The maximum Gasteiger partial charge on any atom is 0.405 e. The van der Waals surface area contributed by atoms with Gasteiger partial charge in [0.1, 0.15) is 0 Å². The second kappa shape index (κ2) is 4.11. The molecule has 1 rings (SSSR count). The smallest absolute Gasteiger partial charge is 0.405 e. The molecule has 1 atom stereocenters. The molecule has 1 amide bonds. The normalized spacial score (nSPS) is 14.4. The summed E-state index contributed by atoms with van der Waals surface area (Å²) in [5.74, 6) is 0. The fraction of sp³-hybridized carbons (Fsp3) is 0.300. The second-order valence-electron chi connectivity index (χ2n) is 3.18. The number of benzene rings is 1. The number of nitrogens with two attached hydrogens (primary N) is 1. The van der Waals surface area contributed by atoms with Crippen LogP contribution in [0, 0.1) is 0 Å². The molecule has 3 N–H and O–H groups in total. The fourth-order valence-corrected chi connectivity index (χ4v) is 1.20. The van der Waals surface area contributed by atoms with Gasteiger partial charge in [-0.05, 0) is 12.5 Å². The highest BCUT2D eigenvalue weighted by molar-refractivity contribution is 5.65. The molecule has 0 radical (unpaired) electrons. The third kappa shape index (κ3) is 2.23. The summed E-state index contributed by atoms with van der Waals surface area (Å²) in [6.45, 7) is 1.30. The average molecular weight is 195 g/mol. The monoisotopic (exact) mass is 195 g/mol. The molecule has 76 valence electrons. The van der Waals surface area contributed by atoms with Crippen molar-refractivity contribution >= 4 is 6.09 Å². The van der Waals surface area contributed by atoms with E-state index in [0.29, 0.717) is 5.56 Å². The molecule has 1 aromatic carbocycles. The molecule has 1 unspecified atom stereocenters. The van der Waals surface area contributed by atoms with Crippen molar-refractivity contribution in [3.8, 4) is 0 Å². The Bertz CT molecular complexity index is 312. The molecule has 14 heavy (non-hydrogen) atoms. The van der Waals surface area contributed by atoms with Crippen LogP contribution in [0.15, 0.2) is 30.3 Å². The Morgan fingerprint density at radius 1 is 1.50 bits per heavy atom. The molecule has 4 heteroatoms. The maximum atomic E-state index is 10.6. The molecule has 0 heterocycles. The van der Waals surface area contributed by atoms with Crippen LogP contribution in [0.5, 0.6) is 0 Å². The molecule has 1 aromatic rings. The number of primary amides is 1. The molecule has 4 nitrogen and oxygen atoms in total. The van der Waals surface area contributed by atoms with E-state index in [1.54, 1.807) is 31.2 Å². The molecule has 0 aliphatic heterocycles. The second-order valence-corrected chi connectivity index (χ2v) is 3.18. The van der Waals surface area contributed by atoms with Crippen LogP contribution in [0.2, 0.25) is 0 Å². The Morgan fingerprint density at radius 2 is 2.07 bits per heavy atom. The molecule has 0 aliphatic rings. The van der Waals surface area contributed by atoms with Gasteiger partial charge in [0.25, 0.3) is 0 Å². The van der Waals surface area contributed by atoms with Crippen LogP contribution in [0.3, 0.4) is 0 Å². The highest BCUT2D eigenvalue weighted by Gasteiger charge is 2.29.